The molecule has 0 fully saturated rings. The Balaban J connectivity index is 2.03. The van der Waals surface area contributed by atoms with Crippen LogP contribution in [0.5, 0.6) is 5.75 Å². The quantitative estimate of drug-likeness (QED) is 0.576. The van der Waals surface area contributed by atoms with Crippen LogP contribution in [0, 0.1) is 0 Å². The van der Waals surface area contributed by atoms with Crippen LogP contribution >= 0.6 is 11.3 Å². The molecule has 4 heteroatoms. The van der Waals surface area contributed by atoms with Crippen molar-refractivity contribution >= 4 is 17.6 Å². The number of nitrogens with zero attached hydrogens (tertiary/aromatic N) is 1. The number of hydrogen-bond donors (Lipinski definition) is 0. The summed E-state index contributed by atoms with van der Waals surface area (Å²) >= 11 is 1.57. The summed E-state index contributed by atoms with van der Waals surface area (Å²) in [6, 6.07) is 9.76. The normalized spacial score (nSPS) is 10.8. The van der Waals surface area contributed by atoms with Gasteiger partial charge in [0.05, 0.1) is 6.61 Å². The van der Waals surface area contributed by atoms with Gasteiger partial charge in [-0.1, -0.05) is 12.1 Å². The van der Waals surface area contributed by atoms with Crippen LogP contribution in [-0.4, -0.2) is 38.4 Å². The van der Waals surface area contributed by atoms with Crippen molar-refractivity contribution in [2.24, 2.45) is 0 Å². The third-order valence-corrected chi connectivity index (χ3v) is 3.92. The van der Waals surface area contributed by atoms with Crippen molar-refractivity contribution in [2.75, 3.05) is 27.2 Å². The second-order valence-electron chi connectivity index (χ2n) is 4.86. The fourth-order valence-corrected chi connectivity index (χ4v) is 2.81. The van der Waals surface area contributed by atoms with E-state index in [1.165, 1.54) is 0 Å². The molecule has 2 rings (SSSR count). The van der Waals surface area contributed by atoms with Gasteiger partial charge in [-0.15, -0.1) is 11.3 Å². The smallest absolute Gasteiger partial charge is 0.151 e. The molecule has 0 N–H and O–H groups in total. The standard InChI is InChI=1S/C16H19NO2S/c1-17(2)8-4-9-19-15-6-3-5-13(11-15)16-14(12-18)7-10-20-16/h3,5-7,10-12H,4,8-9H2,1-2H3. The third-order valence-electron chi connectivity index (χ3n) is 2.94. The molecule has 0 aliphatic carbocycles. The first-order valence-electron chi connectivity index (χ1n) is 6.61. The number of ether oxygens (including phenoxy) is 1. The lowest BCUT2D eigenvalue weighted by molar-refractivity contribution is 0.112. The van der Waals surface area contributed by atoms with Crippen LogP contribution in [0.3, 0.4) is 0 Å². The molecule has 0 bridgehead atoms. The minimum atomic E-state index is 0.701. The Morgan fingerprint density at radius 2 is 2.15 bits per heavy atom. The van der Waals surface area contributed by atoms with Gasteiger partial charge < -0.3 is 9.64 Å². The van der Waals surface area contributed by atoms with Crippen LogP contribution < -0.4 is 4.74 Å². The summed E-state index contributed by atoms with van der Waals surface area (Å²) in [7, 11) is 4.11. The fraction of sp³-hybridized carbons (Fsp3) is 0.312. The van der Waals surface area contributed by atoms with E-state index in [0.29, 0.717) is 6.61 Å². The van der Waals surface area contributed by atoms with Gasteiger partial charge in [0.1, 0.15) is 5.75 Å². The van der Waals surface area contributed by atoms with Gasteiger partial charge in [0.2, 0.25) is 0 Å². The molecule has 0 saturated heterocycles. The molecule has 0 aliphatic rings. The van der Waals surface area contributed by atoms with Crippen molar-refractivity contribution in [2.45, 2.75) is 6.42 Å². The second-order valence-corrected chi connectivity index (χ2v) is 5.77. The van der Waals surface area contributed by atoms with Crippen LogP contribution in [0.1, 0.15) is 16.8 Å². The highest BCUT2D eigenvalue weighted by molar-refractivity contribution is 7.14. The number of rotatable bonds is 7. The summed E-state index contributed by atoms with van der Waals surface area (Å²) in [6.07, 6.45) is 1.90. The first kappa shape index (κ1) is 14.8. The molecule has 1 aromatic carbocycles. The SMILES string of the molecule is CN(C)CCCOc1cccc(-c2sccc2C=O)c1. The lowest BCUT2D eigenvalue weighted by atomic mass is 10.1. The first-order chi connectivity index (χ1) is 9.70. The minimum Gasteiger partial charge on any atom is -0.494 e. The summed E-state index contributed by atoms with van der Waals surface area (Å²) in [5, 5.41) is 1.93. The highest BCUT2D eigenvalue weighted by Crippen LogP contribution is 2.30. The Morgan fingerprint density at radius 3 is 2.90 bits per heavy atom. The third kappa shape index (κ3) is 3.92. The predicted octanol–water partition coefficient (Wildman–Crippen LogP) is 3.56. The predicted molar refractivity (Wildman–Crippen MR) is 83.8 cm³/mol. The summed E-state index contributed by atoms with van der Waals surface area (Å²) in [6.45, 7) is 1.71. The Hall–Kier alpha value is -1.65. The molecule has 3 nitrogen and oxygen atoms in total. The number of aldehydes is 1. The Morgan fingerprint density at radius 1 is 1.30 bits per heavy atom. The maximum atomic E-state index is 11.0. The van der Waals surface area contributed by atoms with Gasteiger partial charge in [0.15, 0.2) is 6.29 Å². The summed E-state index contributed by atoms with van der Waals surface area (Å²) < 4.78 is 5.76. The summed E-state index contributed by atoms with van der Waals surface area (Å²) in [4.78, 5) is 14.1. The van der Waals surface area contributed by atoms with Crippen molar-refractivity contribution in [3.05, 3.63) is 41.3 Å². The van der Waals surface area contributed by atoms with Gasteiger partial charge in [-0.25, -0.2) is 0 Å². The van der Waals surface area contributed by atoms with Crippen molar-refractivity contribution in [3.8, 4) is 16.2 Å². The molecule has 1 aromatic heterocycles. The van der Waals surface area contributed by atoms with Crippen molar-refractivity contribution in [3.63, 3.8) is 0 Å². The Labute approximate surface area is 123 Å². The van der Waals surface area contributed by atoms with E-state index in [0.717, 1.165) is 41.0 Å². The average molecular weight is 289 g/mol. The van der Waals surface area contributed by atoms with Crippen LogP contribution in [-0.2, 0) is 0 Å². The monoisotopic (exact) mass is 289 g/mol. The van der Waals surface area contributed by atoms with Crippen LogP contribution in [0.2, 0.25) is 0 Å². The Kier molecular flexibility index (Phi) is 5.32. The van der Waals surface area contributed by atoms with E-state index >= 15 is 0 Å². The molecular weight excluding hydrogens is 270 g/mol. The van der Waals surface area contributed by atoms with E-state index in [2.05, 4.69) is 19.0 Å². The van der Waals surface area contributed by atoms with E-state index in [1.807, 2.05) is 35.7 Å². The van der Waals surface area contributed by atoms with Gasteiger partial charge in [-0.05, 0) is 49.7 Å². The molecule has 0 unspecified atom stereocenters. The van der Waals surface area contributed by atoms with Crippen molar-refractivity contribution < 1.29 is 9.53 Å². The van der Waals surface area contributed by atoms with E-state index in [9.17, 15) is 4.79 Å². The molecule has 0 aliphatic heterocycles. The van der Waals surface area contributed by atoms with Crippen molar-refractivity contribution in [1.82, 2.24) is 4.90 Å². The highest BCUT2D eigenvalue weighted by Gasteiger charge is 2.07. The fourth-order valence-electron chi connectivity index (χ4n) is 1.94. The maximum absolute atomic E-state index is 11.0. The lowest BCUT2D eigenvalue weighted by Gasteiger charge is -2.11. The first-order valence-corrected chi connectivity index (χ1v) is 7.49. The average Bonchev–Trinajstić information content (AvgIpc) is 2.92. The molecule has 0 amide bonds. The molecule has 1 heterocycles. The summed E-state index contributed by atoms with van der Waals surface area (Å²) in [5.74, 6) is 0.853. The lowest BCUT2D eigenvalue weighted by Crippen LogP contribution is -2.15. The number of thiophene rings is 1. The number of benzene rings is 1. The van der Waals surface area contributed by atoms with Crippen LogP contribution in [0.4, 0.5) is 0 Å². The minimum absolute atomic E-state index is 0.701. The zero-order valence-electron chi connectivity index (χ0n) is 11.8. The molecule has 0 radical (unpaired) electrons. The van der Waals surface area contributed by atoms with E-state index in [1.54, 1.807) is 11.3 Å². The molecular formula is C16H19NO2S. The molecule has 106 valence electrons. The van der Waals surface area contributed by atoms with Gasteiger partial charge >= 0.3 is 0 Å². The second kappa shape index (κ2) is 7.22. The van der Waals surface area contributed by atoms with E-state index in [-0.39, 0.29) is 0 Å². The highest BCUT2D eigenvalue weighted by atomic mass is 32.1. The largest absolute Gasteiger partial charge is 0.494 e. The number of hydrogen-bond acceptors (Lipinski definition) is 4. The van der Waals surface area contributed by atoms with E-state index in [4.69, 9.17) is 4.74 Å². The van der Waals surface area contributed by atoms with Crippen LogP contribution in [0.15, 0.2) is 35.7 Å². The Bertz CT molecular complexity index is 563. The zero-order valence-corrected chi connectivity index (χ0v) is 12.7. The van der Waals surface area contributed by atoms with E-state index < -0.39 is 0 Å². The topological polar surface area (TPSA) is 29.5 Å². The molecule has 0 saturated carbocycles. The summed E-state index contributed by atoms with van der Waals surface area (Å²) in [5.41, 5.74) is 1.77. The van der Waals surface area contributed by atoms with Gasteiger partial charge in [-0.2, -0.15) is 0 Å². The van der Waals surface area contributed by atoms with Gasteiger partial charge in [0.25, 0.3) is 0 Å². The molecule has 2 aromatic rings. The zero-order chi connectivity index (χ0) is 14.4. The molecule has 0 atom stereocenters. The van der Waals surface area contributed by atoms with Gasteiger partial charge in [0, 0.05) is 17.0 Å². The van der Waals surface area contributed by atoms with Gasteiger partial charge in [-0.3, -0.25) is 4.79 Å². The van der Waals surface area contributed by atoms with Crippen LogP contribution in [0.25, 0.3) is 10.4 Å². The molecule has 0 spiro atoms. The number of carbonyl (C=O) groups is 1. The van der Waals surface area contributed by atoms with Crippen molar-refractivity contribution in [1.29, 1.82) is 0 Å². The maximum Gasteiger partial charge on any atom is 0.151 e. The molecule has 20 heavy (non-hydrogen) atoms. The number of carbonyl (C=O) groups excluding carboxylic acids is 1.